The summed E-state index contributed by atoms with van der Waals surface area (Å²) >= 11 is 1.67. The molecular formula is C22H30N2O3S. The number of cyclic esters (lactones) is 1. The molecule has 2 aliphatic rings. The number of hydrogen-bond donors (Lipinski definition) is 0. The number of amides is 2. The number of nitrogens with zero attached hydrogens (tertiary/aromatic N) is 2. The smallest absolute Gasteiger partial charge is 0.410 e. The maximum Gasteiger partial charge on any atom is 0.410 e. The molecule has 2 fully saturated rings. The summed E-state index contributed by atoms with van der Waals surface area (Å²) in [7, 11) is 0. The summed E-state index contributed by atoms with van der Waals surface area (Å²) in [4.78, 5) is 28.5. The highest BCUT2D eigenvalue weighted by Crippen LogP contribution is 2.27. The number of ether oxygens (including phenoxy) is 1. The van der Waals surface area contributed by atoms with Gasteiger partial charge in [0.1, 0.15) is 6.61 Å². The summed E-state index contributed by atoms with van der Waals surface area (Å²) < 4.78 is 5.27. The summed E-state index contributed by atoms with van der Waals surface area (Å²) in [5.74, 6) is 1.38. The van der Waals surface area contributed by atoms with Crippen LogP contribution < -0.4 is 0 Å². The van der Waals surface area contributed by atoms with Gasteiger partial charge >= 0.3 is 6.09 Å². The predicted octanol–water partition coefficient (Wildman–Crippen LogP) is 4.25. The molecule has 1 aromatic rings. The first-order valence-electron chi connectivity index (χ1n) is 10.1. The van der Waals surface area contributed by atoms with Crippen molar-refractivity contribution in [3.63, 3.8) is 0 Å². The molecule has 2 aliphatic heterocycles. The summed E-state index contributed by atoms with van der Waals surface area (Å²) in [6.07, 6.45) is 4.11. The molecule has 3 rings (SSSR count). The van der Waals surface area contributed by atoms with Crippen molar-refractivity contribution in [2.24, 2.45) is 5.92 Å². The molecule has 1 atom stereocenters. The van der Waals surface area contributed by atoms with E-state index in [4.69, 9.17) is 4.74 Å². The molecule has 0 aliphatic carbocycles. The molecule has 2 amide bonds. The van der Waals surface area contributed by atoms with Gasteiger partial charge in [-0.05, 0) is 35.8 Å². The highest BCUT2D eigenvalue weighted by Gasteiger charge is 2.40. The van der Waals surface area contributed by atoms with E-state index < -0.39 is 0 Å². The van der Waals surface area contributed by atoms with E-state index in [0.29, 0.717) is 18.9 Å². The lowest BCUT2D eigenvalue weighted by molar-refractivity contribution is -0.132. The Hall–Kier alpha value is -1.95. The number of likely N-dealkylation sites (tertiary alicyclic amines) is 1. The molecule has 0 spiro atoms. The third-order valence-electron chi connectivity index (χ3n) is 5.52. The third kappa shape index (κ3) is 5.31. The van der Waals surface area contributed by atoms with Crippen LogP contribution in [0.15, 0.2) is 35.7 Å². The molecule has 2 saturated heterocycles. The molecule has 0 bridgehead atoms. The van der Waals surface area contributed by atoms with Crippen molar-refractivity contribution in [3.8, 4) is 0 Å². The number of carbonyl (C=O) groups is 2. The Kier molecular flexibility index (Phi) is 7.43. The molecule has 0 N–H and O–H groups in total. The standard InChI is InChI=1S/C22H30N2O3S/c1-17(2)20-16-27-22(26)24(20)19-8-12-23(13-9-19)21(25)11-15-28-14-10-18-6-4-3-5-7-18/h3-7,10,14,17,19-20H,8-9,11-13,15-16H2,1-2H3. The van der Waals surface area contributed by atoms with Gasteiger partial charge in [-0.15, -0.1) is 11.8 Å². The molecule has 6 heteroatoms. The molecule has 0 saturated carbocycles. The van der Waals surface area contributed by atoms with Gasteiger partial charge in [0.2, 0.25) is 5.91 Å². The lowest BCUT2D eigenvalue weighted by atomic mass is 9.97. The van der Waals surface area contributed by atoms with Crippen LogP contribution in [0, 0.1) is 5.92 Å². The van der Waals surface area contributed by atoms with Crippen LogP contribution >= 0.6 is 11.8 Å². The monoisotopic (exact) mass is 402 g/mol. The van der Waals surface area contributed by atoms with Crippen LogP contribution in [0.4, 0.5) is 4.79 Å². The fourth-order valence-corrected chi connectivity index (χ4v) is 4.52. The van der Waals surface area contributed by atoms with E-state index in [1.165, 1.54) is 5.56 Å². The Labute approximate surface area is 172 Å². The summed E-state index contributed by atoms with van der Waals surface area (Å²) in [5.41, 5.74) is 1.17. The topological polar surface area (TPSA) is 49.9 Å². The molecule has 28 heavy (non-hydrogen) atoms. The number of hydrogen-bond acceptors (Lipinski definition) is 4. The van der Waals surface area contributed by atoms with E-state index in [0.717, 1.165) is 31.7 Å². The van der Waals surface area contributed by atoms with Crippen molar-refractivity contribution < 1.29 is 14.3 Å². The number of carbonyl (C=O) groups excluding carboxylic acids is 2. The highest BCUT2D eigenvalue weighted by atomic mass is 32.2. The second-order valence-corrected chi connectivity index (χ2v) is 8.76. The number of benzene rings is 1. The Morgan fingerprint density at radius 1 is 1.25 bits per heavy atom. The Morgan fingerprint density at radius 2 is 1.96 bits per heavy atom. The second-order valence-electron chi connectivity index (χ2n) is 7.74. The van der Waals surface area contributed by atoms with Gasteiger partial charge in [0.15, 0.2) is 0 Å². The first-order chi connectivity index (χ1) is 13.6. The van der Waals surface area contributed by atoms with Crippen molar-refractivity contribution in [2.75, 3.05) is 25.4 Å². The van der Waals surface area contributed by atoms with E-state index in [9.17, 15) is 9.59 Å². The summed E-state index contributed by atoms with van der Waals surface area (Å²) in [6, 6.07) is 10.5. The predicted molar refractivity (Wildman–Crippen MR) is 114 cm³/mol. The maximum atomic E-state index is 12.5. The first kappa shape index (κ1) is 20.8. The summed E-state index contributed by atoms with van der Waals surface area (Å²) in [6.45, 7) is 6.19. The molecule has 5 nitrogen and oxygen atoms in total. The minimum absolute atomic E-state index is 0.160. The highest BCUT2D eigenvalue weighted by molar-refractivity contribution is 8.02. The minimum Gasteiger partial charge on any atom is -0.447 e. The largest absolute Gasteiger partial charge is 0.447 e. The van der Waals surface area contributed by atoms with Crippen molar-refractivity contribution in [1.82, 2.24) is 9.80 Å². The van der Waals surface area contributed by atoms with Gasteiger partial charge in [0, 0.05) is 31.3 Å². The van der Waals surface area contributed by atoms with Crippen LogP contribution in [0.1, 0.15) is 38.7 Å². The fraction of sp³-hybridized carbons (Fsp3) is 0.545. The molecule has 2 heterocycles. The van der Waals surface area contributed by atoms with Crippen LogP contribution in [0.25, 0.3) is 6.08 Å². The van der Waals surface area contributed by atoms with Crippen molar-refractivity contribution in [2.45, 2.75) is 45.2 Å². The SMILES string of the molecule is CC(C)C1COC(=O)N1C1CCN(C(=O)CCSC=Cc2ccccc2)CC1. The lowest BCUT2D eigenvalue weighted by Crippen LogP contribution is -2.51. The molecule has 0 aromatic heterocycles. The number of rotatable bonds is 7. The molecule has 0 radical (unpaired) electrons. The van der Waals surface area contributed by atoms with Crippen LogP contribution in [-0.2, 0) is 9.53 Å². The Morgan fingerprint density at radius 3 is 2.64 bits per heavy atom. The van der Waals surface area contributed by atoms with Gasteiger partial charge in [-0.3, -0.25) is 9.69 Å². The molecule has 1 aromatic carbocycles. The number of piperidine rings is 1. The number of thioether (sulfide) groups is 1. The molecular weight excluding hydrogens is 372 g/mol. The average Bonchev–Trinajstić information content (AvgIpc) is 3.10. The maximum absolute atomic E-state index is 12.5. The van der Waals surface area contributed by atoms with Gasteiger partial charge in [0.25, 0.3) is 0 Å². The van der Waals surface area contributed by atoms with Crippen LogP contribution in [0.2, 0.25) is 0 Å². The first-order valence-corrected chi connectivity index (χ1v) is 11.2. The zero-order valence-electron chi connectivity index (χ0n) is 16.8. The van der Waals surface area contributed by atoms with Crippen LogP contribution in [-0.4, -0.2) is 59.3 Å². The van der Waals surface area contributed by atoms with Gasteiger partial charge < -0.3 is 9.64 Å². The van der Waals surface area contributed by atoms with Crippen molar-refractivity contribution >= 4 is 29.8 Å². The van der Waals surface area contributed by atoms with Crippen molar-refractivity contribution in [3.05, 3.63) is 41.3 Å². The van der Waals surface area contributed by atoms with E-state index in [1.807, 2.05) is 28.0 Å². The zero-order valence-corrected chi connectivity index (χ0v) is 17.6. The van der Waals surface area contributed by atoms with E-state index in [-0.39, 0.29) is 24.1 Å². The minimum atomic E-state index is -0.190. The quantitative estimate of drug-likeness (QED) is 0.640. The fourth-order valence-electron chi connectivity index (χ4n) is 3.84. The van der Waals surface area contributed by atoms with E-state index in [1.54, 1.807) is 11.8 Å². The molecule has 152 valence electrons. The third-order valence-corrected chi connectivity index (χ3v) is 6.28. The lowest BCUT2D eigenvalue weighted by Gasteiger charge is -2.38. The Bertz CT molecular complexity index is 684. The zero-order chi connectivity index (χ0) is 19.9. The normalized spacial score (nSPS) is 21.0. The van der Waals surface area contributed by atoms with Gasteiger partial charge in [-0.1, -0.05) is 44.2 Å². The average molecular weight is 403 g/mol. The van der Waals surface area contributed by atoms with Gasteiger partial charge in [-0.25, -0.2) is 4.79 Å². The van der Waals surface area contributed by atoms with Crippen LogP contribution in [0.3, 0.4) is 0 Å². The second kappa shape index (κ2) is 10.0. The van der Waals surface area contributed by atoms with Gasteiger partial charge in [0.05, 0.1) is 6.04 Å². The van der Waals surface area contributed by atoms with Gasteiger partial charge in [-0.2, -0.15) is 0 Å². The van der Waals surface area contributed by atoms with Crippen LogP contribution in [0.5, 0.6) is 0 Å². The molecule has 1 unspecified atom stereocenters. The summed E-state index contributed by atoms with van der Waals surface area (Å²) in [5, 5.41) is 2.06. The van der Waals surface area contributed by atoms with E-state index in [2.05, 4.69) is 37.5 Å². The van der Waals surface area contributed by atoms with E-state index >= 15 is 0 Å². The Balaban J connectivity index is 1.39. The van der Waals surface area contributed by atoms with Crippen molar-refractivity contribution in [1.29, 1.82) is 0 Å².